The van der Waals surface area contributed by atoms with E-state index in [1.54, 1.807) is 0 Å². The van der Waals surface area contributed by atoms with Gasteiger partial charge >= 0.3 is 0 Å². The van der Waals surface area contributed by atoms with Gasteiger partial charge in [-0.1, -0.05) is 44.7 Å². The highest BCUT2D eigenvalue weighted by Crippen LogP contribution is 2.28. The van der Waals surface area contributed by atoms with Gasteiger partial charge in [-0.2, -0.15) is 15.0 Å². The lowest BCUT2D eigenvalue weighted by Crippen LogP contribution is -2.13. The van der Waals surface area contributed by atoms with Crippen LogP contribution in [0.3, 0.4) is 0 Å². The third kappa shape index (κ3) is 5.96. The molecule has 2 N–H and O–H groups in total. The van der Waals surface area contributed by atoms with E-state index in [-0.39, 0.29) is 0 Å². The second-order valence-electron chi connectivity index (χ2n) is 8.46. The van der Waals surface area contributed by atoms with Gasteiger partial charge in [0.25, 0.3) is 0 Å². The summed E-state index contributed by atoms with van der Waals surface area (Å²) in [7, 11) is 0. The first-order valence-corrected chi connectivity index (χ1v) is 11.2. The Balaban J connectivity index is 1.39. The third-order valence-corrected chi connectivity index (χ3v) is 5.72. The molecule has 0 saturated heterocycles. The molecule has 1 saturated carbocycles. The van der Waals surface area contributed by atoms with E-state index >= 15 is 0 Å². The Morgan fingerprint density at radius 2 is 1.74 bits per heavy atom. The number of nitrogens with zero attached hydrogens (tertiary/aromatic N) is 4. The summed E-state index contributed by atoms with van der Waals surface area (Å²) >= 11 is 0. The van der Waals surface area contributed by atoms with E-state index in [9.17, 15) is 4.79 Å². The van der Waals surface area contributed by atoms with Crippen molar-refractivity contribution in [3.05, 3.63) is 47.3 Å². The van der Waals surface area contributed by atoms with Crippen LogP contribution in [0.5, 0.6) is 0 Å². The van der Waals surface area contributed by atoms with E-state index < -0.39 is 0 Å². The van der Waals surface area contributed by atoms with Crippen LogP contribution in [0, 0.1) is 5.92 Å². The Labute approximate surface area is 183 Å². The maximum atomic E-state index is 12.4. The number of rotatable bonds is 8. The normalized spacial score (nSPS) is 16.2. The molecule has 31 heavy (non-hydrogen) atoms. The van der Waals surface area contributed by atoms with E-state index in [4.69, 9.17) is 0 Å². The monoisotopic (exact) mass is 418 g/mol. The molecule has 162 valence electrons. The van der Waals surface area contributed by atoms with Gasteiger partial charge in [0.15, 0.2) is 0 Å². The average molecular weight is 419 g/mol. The predicted octanol–water partition coefficient (Wildman–Crippen LogP) is 4.64. The number of anilines is 3. The maximum Gasteiger partial charge on any atom is 0.233 e. The first kappa shape index (κ1) is 21.2. The van der Waals surface area contributed by atoms with Gasteiger partial charge < -0.3 is 10.6 Å². The van der Waals surface area contributed by atoms with Crippen LogP contribution in [-0.2, 0) is 17.6 Å². The number of ketones is 1. The van der Waals surface area contributed by atoms with Crippen molar-refractivity contribution in [3.63, 3.8) is 0 Å². The van der Waals surface area contributed by atoms with Gasteiger partial charge in [-0.3, -0.25) is 9.79 Å². The highest BCUT2D eigenvalue weighted by Gasteiger charge is 2.18. The molecule has 0 bridgehead atoms. The van der Waals surface area contributed by atoms with Gasteiger partial charge in [0.05, 0.1) is 6.54 Å². The summed E-state index contributed by atoms with van der Waals surface area (Å²) in [6.45, 7) is 4.76. The molecule has 7 heteroatoms. The van der Waals surface area contributed by atoms with E-state index in [0.717, 1.165) is 23.5 Å². The van der Waals surface area contributed by atoms with E-state index in [2.05, 4.69) is 30.6 Å². The van der Waals surface area contributed by atoms with Crippen molar-refractivity contribution in [2.24, 2.45) is 10.9 Å². The molecule has 2 aromatic rings. The van der Waals surface area contributed by atoms with Gasteiger partial charge in [0.1, 0.15) is 17.4 Å². The SMILES string of the molecule is CCc1nc(NC2=NCC(C)=C2)nc(Nc2ccc(CC(=O)CC3CCCC3)cc2)n1. The van der Waals surface area contributed by atoms with Gasteiger partial charge in [0.2, 0.25) is 11.9 Å². The minimum absolute atomic E-state index is 0.340. The van der Waals surface area contributed by atoms with Crippen molar-refractivity contribution < 1.29 is 4.79 Å². The third-order valence-electron chi connectivity index (χ3n) is 5.72. The zero-order chi connectivity index (χ0) is 21.6. The van der Waals surface area contributed by atoms with E-state index in [1.165, 1.54) is 31.3 Å². The fourth-order valence-electron chi connectivity index (χ4n) is 4.09. The number of amidine groups is 1. The van der Waals surface area contributed by atoms with E-state index in [0.29, 0.717) is 48.8 Å². The number of Topliss-reactive ketones (excluding diaryl/α,β-unsaturated/α-hetero) is 1. The predicted molar refractivity (Wildman–Crippen MR) is 124 cm³/mol. The fraction of sp³-hybridized carbons (Fsp3) is 0.458. The second kappa shape index (κ2) is 9.81. The number of aromatic nitrogens is 3. The molecular weight excluding hydrogens is 388 g/mol. The minimum Gasteiger partial charge on any atom is -0.324 e. The number of hydrogen-bond donors (Lipinski definition) is 2. The first-order chi connectivity index (χ1) is 15.1. The molecule has 1 aromatic carbocycles. The number of benzene rings is 1. The van der Waals surface area contributed by atoms with Gasteiger partial charge in [0, 0.05) is 24.9 Å². The Morgan fingerprint density at radius 3 is 2.39 bits per heavy atom. The smallest absolute Gasteiger partial charge is 0.233 e. The molecule has 1 aliphatic heterocycles. The molecule has 2 aliphatic rings. The van der Waals surface area contributed by atoms with Gasteiger partial charge in [-0.25, -0.2) is 0 Å². The molecule has 0 atom stereocenters. The number of carbonyl (C=O) groups is 1. The lowest BCUT2D eigenvalue weighted by molar-refractivity contribution is -0.119. The molecule has 0 radical (unpaired) electrons. The molecule has 1 fully saturated rings. The lowest BCUT2D eigenvalue weighted by atomic mass is 9.97. The van der Waals surface area contributed by atoms with Crippen molar-refractivity contribution in [3.8, 4) is 0 Å². The van der Waals surface area contributed by atoms with Crippen LogP contribution >= 0.6 is 0 Å². The van der Waals surface area contributed by atoms with Crippen LogP contribution in [-0.4, -0.2) is 33.1 Å². The van der Waals surface area contributed by atoms with Crippen LogP contribution in [0.2, 0.25) is 0 Å². The summed E-state index contributed by atoms with van der Waals surface area (Å²) in [5.41, 5.74) is 3.12. The van der Waals surface area contributed by atoms with Crippen LogP contribution < -0.4 is 10.6 Å². The second-order valence-corrected chi connectivity index (χ2v) is 8.46. The van der Waals surface area contributed by atoms with Crippen LogP contribution in [0.4, 0.5) is 17.6 Å². The highest BCUT2D eigenvalue weighted by atomic mass is 16.1. The van der Waals surface area contributed by atoms with Crippen LogP contribution in [0.15, 0.2) is 40.9 Å². The number of carbonyl (C=O) groups excluding carboxylic acids is 1. The maximum absolute atomic E-state index is 12.4. The van der Waals surface area contributed by atoms with Crippen molar-refractivity contribution in [2.45, 2.75) is 58.8 Å². The van der Waals surface area contributed by atoms with Gasteiger partial charge in [-0.15, -0.1) is 0 Å². The minimum atomic E-state index is 0.340. The summed E-state index contributed by atoms with van der Waals surface area (Å²) < 4.78 is 0. The average Bonchev–Trinajstić information content (AvgIpc) is 3.41. The van der Waals surface area contributed by atoms with Crippen molar-refractivity contribution in [1.82, 2.24) is 15.0 Å². The number of aryl methyl sites for hydroxylation is 1. The zero-order valence-corrected chi connectivity index (χ0v) is 18.3. The van der Waals surface area contributed by atoms with Crippen molar-refractivity contribution in [1.29, 1.82) is 0 Å². The molecule has 1 aromatic heterocycles. The largest absolute Gasteiger partial charge is 0.324 e. The Kier molecular flexibility index (Phi) is 6.70. The summed E-state index contributed by atoms with van der Waals surface area (Å²) in [6, 6.07) is 7.93. The highest BCUT2D eigenvalue weighted by molar-refractivity contribution is 6.04. The molecule has 7 nitrogen and oxygen atoms in total. The molecule has 1 aliphatic carbocycles. The Bertz CT molecular complexity index is 990. The van der Waals surface area contributed by atoms with Crippen LogP contribution in [0.1, 0.15) is 57.3 Å². The lowest BCUT2D eigenvalue weighted by Gasteiger charge is -2.10. The Morgan fingerprint density at radius 1 is 1.03 bits per heavy atom. The number of aliphatic imine (C=N–C) groups is 1. The molecule has 0 amide bonds. The Hall–Kier alpha value is -3.09. The molecule has 0 spiro atoms. The summed E-state index contributed by atoms with van der Waals surface area (Å²) in [4.78, 5) is 30.2. The quantitative estimate of drug-likeness (QED) is 0.649. The molecule has 0 unspecified atom stereocenters. The molecule has 4 rings (SSSR count). The molecular formula is C24H30N6O. The zero-order valence-electron chi connectivity index (χ0n) is 18.3. The van der Waals surface area contributed by atoms with Gasteiger partial charge in [-0.05, 0) is 42.2 Å². The number of hydrogen-bond acceptors (Lipinski definition) is 7. The molecule has 2 heterocycles. The van der Waals surface area contributed by atoms with E-state index in [1.807, 2.05) is 44.2 Å². The van der Waals surface area contributed by atoms with Crippen molar-refractivity contribution in [2.75, 3.05) is 17.2 Å². The fourth-order valence-corrected chi connectivity index (χ4v) is 4.09. The topological polar surface area (TPSA) is 92.2 Å². The first-order valence-electron chi connectivity index (χ1n) is 11.2. The summed E-state index contributed by atoms with van der Waals surface area (Å²) in [5.74, 6) is 3.37. The number of nitrogens with one attached hydrogen (secondary N) is 2. The van der Waals surface area contributed by atoms with Crippen LogP contribution in [0.25, 0.3) is 0 Å². The van der Waals surface area contributed by atoms with Crippen molar-refractivity contribution >= 4 is 29.2 Å². The standard InChI is InChI=1S/C24H30N6O/c1-3-21-27-23(30-24(28-21)29-22-12-16(2)15-25-22)26-19-10-8-18(9-11-19)14-20(31)13-17-6-4-5-7-17/h8-12,17H,3-7,13-15H2,1-2H3,(H2,25,26,27,28,29,30). The summed E-state index contributed by atoms with van der Waals surface area (Å²) in [5, 5.41) is 6.42. The summed E-state index contributed by atoms with van der Waals surface area (Å²) in [6.07, 6.45) is 8.89.